The van der Waals surface area contributed by atoms with E-state index >= 15 is 0 Å². The number of nitrogens with two attached hydrogens (primary N) is 1. The van der Waals surface area contributed by atoms with Crippen LogP contribution in [-0.4, -0.2) is 24.0 Å². The maximum Gasteiger partial charge on any atom is 0.312 e. The van der Waals surface area contributed by atoms with Crippen LogP contribution in [0.5, 0.6) is 0 Å². The van der Waals surface area contributed by atoms with Gasteiger partial charge < -0.3 is 21.1 Å². The first-order valence-electron chi connectivity index (χ1n) is 8.61. The largest absolute Gasteiger partial charge is 0.452 e. The van der Waals surface area contributed by atoms with Gasteiger partial charge in [-0.1, -0.05) is 29.8 Å². The van der Waals surface area contributed by atoms with Gasteiger partial charge in [0.1, 0.15) is 0 Å². The average molecular weight is 415 g/mol. The van der Waals surface area contributed by atoms with E-state index in [-0.39, 0.29) is 6.42 Å². The van der Waals surface area contributed by atoms with E-state index in [1.165, 1.54) is 6.92 Å². The average Bonchev–Trinajstić information content (AvgIpc) is 2.68. The van der Waals surface area contributed by atoms with E-state index in [0.717, 1.165) is 0 Å². The third-order valence-corrected chi connectivity index (χ3v) is 4.27. The van der Waals surface area contributed by atoms with E-state index in [4.69, 9.17) is 27.3 Å². The van der Waals surface area contributed by atoms with Crippen molar-refractivity contribution in [3.63, 3.8) is 0 Å². The van der Waals surface area contributed by atoms with Crippen molar-refractivity contribution >= 4 is 35.2 Å². The predicted molar refractivity (Wildman–Crippen MR) is 107 cm³/mol. The summed E-state index contributed by atoms with van der Waals surface area (Å²) in [4.78, 5) is 35.8. The molecule has 2 aromatic rings. The fourth-order valence-electron chi connectivity index (χ4n) is 2.51. The lowest BCUT2D eigenvalue weighted by atomic mass is 10.0. The minimum atomic E-state index is -1.08. The summed E-state index contributed by atoms with van der Waals surface area (Å²) < 4.78 is 5.16. The molecule has 3 amide bonds. The molecule has 0 aliphatic rings. The Morgan fingerprint density at radius 1 is 1.17 bits per heavy atom. The second-order valence-corrected chi connectivity index (χ2v) is 6.50. The van der Waals surface area contributed by atoms with Gasteiger partial charge in [-0.05, 0) is 42.8 Å². The molecule has 150 valence electrons. The molecular formula is C20H19ClN4O4. The highest BCUT2D eigenvalue weighted by atomic mass is 35.5. The number of amides is 3. The smallest absolute Gasteiger partial charge is 0.312 e. The molecule has 2 aromatic carbocycles. The number of benzene rings is 2. The lowest BCUT2D eigenvalue weighted by molar-refractivity contribution is -0.153. The number of hydrogen-bond acceptors (Lipinski definition) is 5. The van der Waals surface area contributed by atoms with E-state index in [1.54, 1.807) is 48.5 Å². The second kappa shape index (κ2) is 10.1. The van der Waals surface area contributed by atoms with Gasteiger partial charge in [0.25, 0.3) is 5.91 Å². The lowest BCUT2D eigenvalue weighted by Gasteiger charge is -2.20. The van der Waals surface area contributed by atoms with Gasteiger partial charge in [-0.3, -0.25) is 9.59 Å². The quantitative estimate of drug-likeness (QED) is 0.599. The SMILES string of the molecule is C[C@H](OC(=O)C[C@@H](NC(N)=O)c1ccccc1Cl)C(=O)Nc1ccc(C#N)cc1. The number of nitrogens with one attached hydrogen (secondary N) is 2. The van der Waals surface area contributed by atoms with Gasteiger partial charge in [0, 0.05) is 10.7 Å². The third-order valence-electron chi connectivity index (χ3n) is 3.93. The first-order valence-corrected chi connectivity index (χ1v) is 8.99. The molecule has 29 heavy (non-hydrogen) atoms. The first-order chi connectivity index (χ1) is 13.8. The van der Waals surface area contributed by atoms with E-state index in [1.807, 2.05) is 6.07 Å². The molecule has 0 aromatic heterocycles. The van der Waals surface area contributed by atoms with Gasteiger partial charge in [0.15, 0.2) is 6.10 Å². The van der Waals surface area contributed by atoms with Crippen LogP contribution in [0.1, 0.15) is 30.5 Å². The van der Waals surface area contributed by atoms with Gasteiger partial charge in [-0.25, -0.2) is 4.79 Å². The standard InChI is InChI=1S/C20H19ClN4O4/c1-12(19(27)24-14-8-6-13(11-22)7-9-14)29-18(26)10-17(25-20(23)28)15-4-2-3-5-16(15)21/h2-9,12,17H,10H2,1H3,(H,24,27)(H3,23,25,28)/t12-,17+/m0/s1. The fourth-order valence-corrected chi connectivity index (χ4v) is 2.77. The van der Waals surface area contributed by atoms with Crippen molar-refractivity contribution in [2.45, 2.75) is 25.5 Å². The highest BCUT2D eigenvalue weighted by Gasteiger charge is 2.24. The van der Waals surface area contributed by atoms with E-state index in [2.05, 4.69) is 10.6 Å². The molecule has 0 bridgehead atoms. The number of nitriles is 1. The van der Waals surface area contributed by atoms with E-state index < -0.39 is 30.1 Å². The Kier molecular flexibility index (Phi) is 7.57. The summed E-state index contributed by atoms with van der Waals surface area (Å²) in [5, 5.41) is 14.2. The Morgan fingerprint density at radius 2 is 1.83 bits per heavy atom. The van der Waals surface area contributed by atoms with Gasteiger partial charge in [-0.15, -0.1) is 0 Å². The number of halogens is 1. The molecule has 0 fully saturated rings. The van der Waals surface area contributed by atoms with Crippen LogP contribution in [0, 0.1) is 11.3 Å². The van der Waals surface area contributed by atoms with Gasteiger partial charge in [0.2, 0.25) is 0 Å². The van der Waals surface area contributed by atoms with Crippen LogP contribution in [0.4, 0.5) is 10.5 Å². The van der Waals surface area contributed by atoms with Crippen molar-refractivity contribution in [2.75, 3.05) is 5.32 Å². The van der Waals surface area contributed by atoms with Crippen LogP contribution in [0.15, 0.2) is 48.5 Å². The number of primary amides is 1. The van der Waals surface area contributed by atoms with Crippen LogP contribution in [0.3, 0.4) is 0 Å². The molecule has 0 aliphatic heterocycles. The number of urea groups is 1. The first kappa shape index (κ1) is 21.7. The molecule has 0 saturated heterocycles. The fraction of sp³-hybridized carbons (Fsp3) is 0.200. The predicted octanol–water partition coefficient (Wildman–Crippen LogP) is 2.88. The Balaban J connectivity index is 1.99. The number of carbonyl (C=O) groups is 3. The molecule has 4 N–H and O–H groups in total. The highest BCUT2D eigenvalue weighted by molar-refractivity contribution is 6.31. The normalized spacial score (nSPS) is 12.2. The minimum absolute atomic E-state index is 0.263. The van der Waals surface area contributed by atoms with Crippen molar-refractivity contribution in [1.82, 2.24) is 5.32 Å². The Labute approximate surface area is 172 Å². The molecule has 0 heterocycles. The second-order valence-electron chi connectivity index (χ2n) is 6.10. The number of hydrogen-bond donors (Lipinski definition) is 3. The van der Waals surface area contributed by atoms with Crippen LogP contribution >= 0.6 is 11.6 Å². The molecule has 0 saturated carbocycles. The number of anilines is 1. The summed E-state index contributed by atoms with van der Waals surface area (Å²) in [6, 6.07) is 13.3. The molecule has 0 aliphatic carbocycles. The zero-order valence-electron chi connectivity index (χ0n) is 15.5. The number of rotatable bonds is 7. The van der Waals surface area contributed by atoms with Gasteiger partial charge in [0.05, 0.1) is 24.1 Å². The van der Waals surface area contributed by atoms with Crippen molar-refractivity contribution in [3.05, 3.63) is 64.7 Å². The van der Waals surface area contributed by atoms with Crippen molar-refractivity contribution in [2.24, 2.45) is 5.73 Å². The zero-order valence-corrected chi connectivity index (χ0v) is 16.3. The van der Waals surface area contributed by atoms with Crippen LogP contribution in [0.25, 0.3) is 0 Å². The number of nitrogens with zero attached hydrogens (tertiary/aromatic N) is 1. The minimum Gasteiger partial charge on any atom is -0.452 e. The summed E-state index contributed by atoms with van der Waals surface area (Å²) in [5.74, 6) is -1.26. The molecule has 0 radical (unpaired) electrons. The summed E-state index contributed by atoms with van der Waals surface area (Å²) in [6.45, 7) is 1.42. The molecule has 0 unspecified atom stereocenters. The summed E-state index contributed by atoms with van der Waals surface area (Å²) >= 11 is 6.13. The highest BCUT2D eigenvalue weighted by Crippen LogP contribution is 2.25. The third kappa shape index (κ3) is 6.52. The Morgan fingerprint density at radius 3 is 2.41 bits per heavy atom. The van der Waals surface area contributed by atoms with Crippen LogP contribution in [0.2, 0.25) is 5.02 Å². The molecule has 9 heteroatoms. The van der Waals surface area contributed by atoms with E-state index in [9.17, 15) is 14.4 Å². The molecule has 2 rings (SSSR count). The maximum absolute atomic E-state index is 12.3. The summed E-state index contributed by atoms with van der Waals surface area (Å²) in [6.07, 6.45) is -1.35. The zero-order chi connectivity index (χ0) is 21.4. The molecule has 8 nitrogen and oxygen atoms in total. The van der Waals surface area contributed by atoms with Gasteiger partial charge in [-0.2, -0.15) is 5.26 Å². The topological polar surface area (TPSA) is 134 Å². The van der Waals surface area contributed by atoms with Gasteiger partial charge >= 0.3 is 12.0 Å². The Bertz CT molecular complexity index is 940. The van der Waals surface area contributed by atoms with Crippen molar-refractivity contribution in [1.29, 1.82) is 5.26 Å². The number of esters is 1. The molecular weight excluding hydrogens is 396 g/mol. The summed E-state index contributed by atoms with van der Waals surface area (Å²) in [5.41, 5.74) is 6.60. The maximum atomic E-state index is 12.3. The van der Waals surface area contributed by atoms with Crippen molar-refractivity contribution in [3.8, 4) is 6.07 Å². The Hall–Kier alpha value is -3.57. The number of ether oxygens (including phenoxy) is 1. The van der Waals surface area contributed by atoms with Crippen LogP contribution < -0.4 is 16.4 Å². The van der Waals surface area contributed by atoms with E-state index in [0.29, 0.717) is 21.8 Å². The molecule has 2 atom stereocenters. The number of carbonyl (C=O) groups excluding carboxylic acids is 3. The van der Waals surface area contributed by atoms with Crippen molar-refractivity contribution < 1.29 is 19.1 Å². The lowest BCUT2D eigenvalue weighted by Crippen LogP contribution is -2.36. The van der Waals surface area contributed by atoms with Crippen LogP contribution in [-0.2, 0) is 14.3 Å². The molecule has 0 spiro atoms. The monoisotopic (exact) mass is 414 g/mol. The summed E-state index contributed by atoms with van der Waals surface area (Å²) in [7, 11) is 0.